The number of halogens is 8. The Kier molecular flexibility index (Phi) is 3.86. The van der Waals surface area contributed by atoms with Crippen LogP contribution in [0.15, 0.2) is 0 Å². The predicted molar refractivity (Wildman–Crippen MR) is 26.1 cm³/mol. The van der Waals surface area contributed by atoms with Gasteiger partial charge < -0.3 is 0 Å². The molecule has 0 atom stereocenters. The van der Waals surface area contributed by atoms with Crippen molar-refractivity contribution < 1.29 is 39.3 Å². The molecule has 0 saturated carbocycles. The maximum atomic E-state index is 11.4. The summed E-state index contributed by atoms with van der Waals surface area (Å²) in [5.74, 6) is 0. The second-order valence-corrected chi connectivity index (χ2v) is 2.39. The maximum absolute atomic E-state index is 11.4. The van der Waals surface area contributed by atoms with Gasteiger partial charge in [0.25, 0.3) is 6.10 Å². The zero-order valence-corrected chi connectivity index (χ0v) is 6.35. The summed E-state index contributed by atoms with van der Waals surface area (Å²) in [6.45, 7) is 0. The fraction of sp³-hybridized carbons (Fsp3) is 1.00. The first-order valence-corrected chi connectivity index (χ1v) is 3.51. The van der Waals surface area contributed by atoms with Crippen molar-refractivity contribution in [3.63, 3.8) is 0 Å². The lowest BCUT2D eigenvalue weighted by atomic mass is 10.3. The summed E-state index contributed by atoms with van der Waals surface area (Å²) in [6.07, 6.45) is -16.2. The smallest absolute Gasteiger partial charge is 0.283 e. The van der Waals surface area contributed by atoms with E-state index in [2.05, 4.69) is 4.52 Å². The van der Waals surface area contributed by atoms with Gasteiger partial charge in [0, 0.05) is 0 Å². The van der Waals surface area contributed by atoms with E-state index >= 15 is 0 Å². The first-order chi connectivity index (χ1) is 5.55. The third kappa shape index (κ3) is 4.56. The van der Waals surface area contributed by atoms with E-state index in [4.69, 9.17) is 0 Å². The van der Waals surface area contributed by atoms with Crippen LogP contribution in [-0.2, 0) is 4.52 Å². The minimum Gasteiger partial charge on any atom is -0.283 e. The Morgan fingerprint density at radius 1 is 0.846 bits per heavy atom. The molecule has 0 aromatic heterocycles. The molecule has 10 heteroatoms. The number of alkyl halides is 6. The highest BCUT2D eigenvalue weighted by Crippen LogP contribution is 2.48. The highest BCUT2D eigenvalue weighted by Gasteiger charge is 2.59. The van der Waals surface area contributed by atoms with Crippen molar-refractivity contribution in [1.82, 2.24) is 0 Å². The molecule has 0 aromatic rings. The first kappa shape index (κ1) is 12.8. The summed E-state index contributed by atoms with van der Waals surface area (Å²) in [5, 5.41) is 0. The standard InChI is InChI=1S/C3HF8OP/c4-2(5,6)1(3(7,8)9)12-13(10)11/h1H. The van der Waals surface area contributed by atoms with Gasteiger partial charge in [0.1, 0.15) is 0 Å². The van der Waals surface area contributed by atoms with Crippen molar-refractivity contribution in [2.75, 3.05) is 0 Å². The quantitative estimate of drug-likeness (QED) is 0.525. The van der Waals surface area contributed by atoms with E-state index < -0.39 is 27.2 Å². The molecule has 0 aliphatic rings. The summed E-state index contributed by atoms with van der Waals surface area (Å²) >= 11 is 0. The SMILES string of the molecule is FP(F)OC(C(F)(F)F)C(F)(F)F. The number of hydrogen-bond donors (Lipinski definition) is 0. The van der Waals surface area contributed by atoms with E-state index in [1.165, 1.54) is 0 Å². The number of hydrogen-bond acceptors (Lipinski definition) is 1. The van der Waals surface area contributed by atoms with Crippen LogP contribution in [0.1, 0.15) is 0 Å². The molecule has 0 bridgehead atoms. The molecule has 0 saturated heterocycles. The van der Waals surface area contributed by atoms with Crippen LogP contribution in [0.2, 0.25) is 0 Å². The van der Waals surface area contributed by atoms with E-state index in [-0.39, 0.29) is 0 Å². The van der Waals surface area contributed by atoms with Gasteiger partial charge >= 0.3 is 21.1 Å². The topological polar surface area (TPSA) is 9.23 Å². The molecular weight excluding hydrogens is 235 g/mol. The van der Waals surface area contributed by atoms with Crippen LogP contribution >= 0.6 is 8.77 Å². The molecule has 0 N–H and O–H groups in total. The normalized spacial score (nSPS) is 14.3. The van der Waals surface area contributed by atoms with Crippen LogP contribution in [0, 0.1) is 0 Å². The maximum Gasteiger partial charge on any atom is 0.424 e. The average molecular weight is 236 g/mol. The fourth-order valence-electron chi connectivity index (χ4n) is 0.385. The molecule has 0 unspecified atom stereocenters. The van der Waals surface area contributed by atoms with Crippen LogP contribution in [0.3, 0.4) is 0 Å². The molecule has 80 valence electrons. The zero-order valence-electron chi connectivity index (χ0n) is 5.46. The van der Waals surface area contributed by atoms with E-state index in [1.54, 1.807) is 0 Å². The highest BCUT2D eigenvalue weighted by atomic mass is 31.2. The largest absolute Gasteiger partial charge is 0.424 e. The van der Waals surface area contributed by atoms with Gasteiger partial charge in [0.15, 0.2) is 0 Å². The molecule has 0 rings (SSSR count). The van der Waals surface area contributed by atoms with Crippen LogP contribution in [0.25, 0.3) is 0 Å². The lowest BCUT2D eigenvalue weighted by Gasteiger charge is -2.21. The van der Waals surface area contributed by atoms with Gasteiger partial charge in [-0.1, -0.05) is 0 Å². The summed E-state index contributed by atoms with van der Waals surface area (Å²) < 4.78 is 93.3. The molecule has 0 fully saturated rings. The van der Waals surface area contributed by atoms with Crippen LogP contribution in [0.5, 0.6) is 0 Å². The monoisotopic (exact) mass is 236 g/mol. The fourth-order valence-corrected chi connectivity index (χ4v) is 0.783. The van der Waals surface area contributed by atoms with Crippen molar-refractivity contribution in [1.29, 1.82) is 0 Å². The first-order valence-electron chi connectivity index (χ1n) is 2.47. The molecule has 0 heterocycles. The average Bonchev–Trinajstić information content (AvgIpc) is 1.77. The van der Waals surface area contributed by atoms with Crippen molar-refractivity contribution in [2.45, 2.75) is 18.5 Å². The molecule has 0 aliphatic heterocycles. The summed E-state index contributed by atoms with van der Waals surface area (Å²) in [7, 11) is -4.71. The van der Waals surface area contributed by atoms with Crippen LogP contribution in [-0.4, -0.2) is 18.5 Å². The van der Waals surface area contributed by atoms with Crippen molar-refractivity contribution in [3.05, 3.63) is 0 Å². The zero-order chi connectivity index (χ0) is 10.9. The van der Waals surface area contributed by atoms with Crippen LogP contribution < -0.4 is 0 Å². The van der Waals surface area contributed by atoms with Gasteiger partial charge in [-0.2, -0.15) is 34.7 Å². The van der Waals surface area contributed by atoms with Crippen LogP contribution in [0.4, 0.5) is 34.7 Å². The minimum absolute atomic E-state index is 2.46. The minimum atomic E-state index is -5.88. The lowest BCUT2D eigenvalue weighted by Crippen LogP contribution is -2.42. The van der Waals surface area contributed by atoms with Crippen molar-refractivity contribution >= 4 is 8.77 Å². The van der Waals surface area contributed by atoms with E-state index in [0.29, 0.717) is 0 Å². The summed E-state index contributed by atoms with van der Waals surface area (Å²) in [6, 6.07) is 0. The molecule has 0 amide bonds. The molecule has 0 radical (unpaired) electrons. The van der Waals surface area contributed by atoms with E-state index in [9.17, 15) is 34.7 Å². The summed E-state index contributed by atoms with van der Waals surface area (Å²) in [4.78, 5) is 0. The Hall–Kier alpha value is -0.170. The third-order valence-corrected chi connectivity index (χ3v) is 1.15. The third-order valence-electron chi connectivity index (χ3n) is 0.780. The Labute approximate surface area is 67.7 Å². The van der Waals surface area contributed by atoms with Crippen molar-refractivity contribution in [2.24, 2.45) is 0 Å². The Bertz CT molecular complexity index is 146. The molecular formula is C3HF8OP. The van der Waals surface area contributed by atoms with Gasteiger partial charge in [-0.15, -0.1) is 0 Å². The van der Waals surface area contributed by atoms with Gasteiger partial charge in [-0.25, -0.2) is 0 Å². The van der Waals surface area contributed by atoms with Gasteiger partial charge in [0.05, 0.1) is 0 Å². The highest BCUT2D eigenvalue weighted by molar-refractivity contribution is 7.40. The van der Waals surface area contributed by atoms with Gasteiger partial charge in [-0.3, -0.25) is 4.52 Å². The summed E-state index contributed by atoms with van der Waals surface area (Å²) in [5.41, 5.74) is 0. The Morgan fingerprint density at radius 2 is 1.15 bits per heavy atom. The van der Waals surface area contributed by atoms with E-state index in [0.717, 1.165) is 0 Å². The molecule has 1 nitrogen and oxygen atoms in total. The van der Waals surface area contributed by atoms with Crippen molar-refractivity contribution in [3.8, 4) is 0 Å². The van der Waals surface area contributed by atoms with Gasteiger partial charge in [-0.05, 0) is 0 Å². The Morgan fingerprint density at radius 3 is 1.23 bits per heavy atom. The molecule has 0 spiro atoms. The second-order valence-electron chi connectivity index (χ2n) is 1.77. The second kappa shape index (κ2) is 3.91. The molecule has 0 aliphatic carbocycles. The molecule has 0 aromatic carbocycles. The lowest BCUT2D eigenvalue weighted by molar-refractivity contribution is -0.300. The van der Waals surface area contributed by atoms with E-state index in [1.807, 2.05) is 0 Å². The number of rotatable bonds is 2. The predicted octanol–water partition coefficient (Wildman–Crippen LogP) is 3.66. The Balaban J connectivity index is 4.58. The van der Waals surface area contributed by atoms with Gasteiger partial charge in [0.2, 0.25) is 0 Å². The molecule has 13 heavy (non-hydrogen) atoms.